The highest BCUT2D eigenvalue weighted by atomic mass is 16.5. The normalized spacial score (nSPS) is 25.6. The van der Waals surface area contributed by atoms with Crippen LogP contribution in [0.3, 0.4) is 0 Å². The molecule has 2 aliphatic heterocycles. The van der Waals surface area contributed by atoms with Gasteiger partial charge in [0.05, 0.1) is 6.61 Å². The Labute approximate surface area is 127 Å². The zero-order valence-electron chi connectivity index (χ0n) is 12.9. The largest absolute Gasteiger partial charge is 0.494 e. The number of nitrogens with one attached hydrogen (secondary N) is 1. The van der Waals surface area contributed by atoms with Crippen LogP contribution in [0.1, 0.15) is 19.8 Å². The molecule has 2 atom stereocenters. The molecular weight excluding hydrogens is 264 g/mol. The van der Waals surface area contributed by atoms with Gasteiger partial charge in [-0.05, 0) is 63.0 Å². The summed E-state index contributed by atoms with van der Waals surface area (Å²) in [5.74, 6) is 2.68. The summed E-state index contributed by atoms with van der Waals surface area (Å²) >= 11 is 0. The van der Waals surface area contributed by atoms with E-state index in [1.807, 2.05) is 31.2 Å². The van der Waals surface area contributed by atoms with Gasteiger partial charge in [0.15, 0.2) is 0 Å². The number of fused-ring (bicyclic) bond motifs is 1. The van der Waals surface area contributed by atoms with Gasteiger partial charge in [-0.2, -0.15) is 0 Å². The number of hydrogen-bond donors (Lipinski definition) is 1. The fraction of sp³-hybridized carbons (Fsp3) is 0.647. The van der Waals surface area contributed by atoms with Crippen LogP contribution in [-0.4, -0.2) is 50.3 Å². The topological polar surface area (TPSA) is 33.7 Å². The SMILES string of the molecule is CCOc1ccc(OCCN2CCC3NCCC3C2)cc1. The highest BCUT2D eigenvalue weighted by molar-refractivity contribution is 5.31. The molecule has 1 N–H and O–H groups in total. The van der Waals surface area contributed by atoms with Crippen LogP contribution >= 0.6 is 0 Å². The van der Waals surface area contributed by atoms with Gasteiger partial charge in [-0.25, -0.2) is 0 Å². The monoisotopic (exact) mass is 290 g/mol. The first kappa shape index (κ1) is 14.7. The summed E-state index contributed by atoms with van der Waals surface area (Å²) in [4.78, 5) is 2.54. The second-order valence-electron chi connectivity index (χ2n) is 5.95. The molecule has 116 valence electrons. The van der Waals surface area contributed by atoms with Gasteiger partial charge in [0.2, 0.25) is 0 Å². The predicted octanol–water partition coefficient (Wildman–Crippen LogP) is 2.15. The molecule has 0 saturated carbocycles. The molecule has 0 amide bonds. The van der Waals surface area contributed by atoms with Crippen molar-refractivity contribution >= 4 is 0 Å². The minimum Gasteiger partial charge on any atom is -0.494 e. The van der Waals surface area contributed by atoms with Crippen molar-refractivity contribution < 1.29 is 9.47 Å². The molecule has 0 bridgehead atoms. The van der Waals surface area contributed by atoms with Gasteiger partial charge < -0.3 is 14.8 Å². The van der Waals surface area contributed by atoms with E-state index in [0.29, 0.717) is 6.61 Å². The number of piperidine rings is 1. The van der Waals surface area contributed by atoms with E-state index in [2.05, 4.69) is 10.2 Å². The Kier molecular flexibility index (Phi) is 4.99. The summed E-state index contributed by atoms with van der Waals surface area (Å²) in [7, 11) is 0. The van der Waals surface area contributed by atoms with Crippen molar-refractivity contribution in [3.63, 3.8) is 0 Å². The van der Waals surface area contributed by atoms with Crippen LogP contribution in [0.4, 0.5) is 0 Å². The Morgan fingerprint density at radius 1 is 1.14 bits per heavy atom. The fourth-order valence-electron chi connectivity index (χ4n) is 3.42. The Balaban J connectivity index is 1.39. The lowest BCUT2D eigenvalue weighted by Gasteiger charge is -2.34. The van der Waals surface area contributed by atoms with Gasteiger partial charge in [0.25, 0.3) is 0 Å². The number of benzene rings is 1. The fourth-order valence-corrected chi connectivity index (χ4v) is 3.42. The van der Waals surface area contributed by atoms with E-state index in [4.69, 9.17) is 9.47 Å². The lowest BCUT2D eigenvalue weighted by Crippen LogP contribution is -2.45. The van der Waals surface area contributed by atoms with Gasteiger partial charge in [-0.3, -0.25) is 4.90 Å². The number of likely N-dealkylation sites (tertiary alicyclic amines) is 1. The lowest BCUT2D eigenvalue weighted by molar-refractivity contribution is 0.138. The molecule has 1 aromatic rings. The van der Waals surface area contributed by atoms with Crippen LogP contribution < -0.4 is 14.8 Å². The second-order valence-corrected chi connectivity index (χ2v) is 5.95. The Morgan fingerprint density at radius 3 is 2.67 bits per heavy atom. The van der Waals surface area contributed by atoms with E-state index >= 15 is 0 Å². The summed E-state index contributed by atoms with van der Waals surface area (Å²) in [5, 5.41) is 3.61. The van der Waals surface area contributed by atoms with Crippen molar-refractivity contribution in [2.75, 3.05) is 39.4 Å². The Bertz CT molecular complexity index is 435. The first-order chi connectivity index (χ1) is 10.3. The number of nitrogens with zero attached hydrogens (tertiary/aromatic N) is 1. The first-order valence-corrected chi connectivity index (χ1v) is 8.16. The van der Waals surface area contributed by atoms with Gasteiger partial charge in [-0.15, -0.1) is 0 Å². The molecule has 2 saturated heterocycles. The molecule has 0 aliphatic carbocycles. The third kappa shape index (κ3) is 3.89. The summed E-state index contributed by atoms with van der Waals surface area (Å²) in [6.07, 6.45) is 2.62. The Hall–Kier alpha value is -1.26. The zero-order chi connectivity index (χ0) is 14.5. The molecule has 2 unspecified atom stereocenters. The third-order valence-electron chi connectivity index (χ3n) is 4.55. The summed E-state index contributed by atoms with van der Waals surface area (Å²) in [5.41, 5.74) is 0. The van der Waals surface area contributed by atoms with Crippen molar-refractivity contribution in [3.8, 4) is 11.5 Å². The maximum Gasteiger partial charge on any atom is 0.119 e. The number of rotatable bonds is 6. The van der Waals surface area contributed by atoms with E-state index in [1.54, 1.807) is 0 Å². The van der Waals surface area contributed by atoms with Crippen LogP contribution in [0, 0.1) is 5.92 Å². The maximum absolute atomic E-state index is 5.84. The summed E-state index contributed by atoms with van der Waals surface area (Å²) in [6, 6.07) is 8.67. The molecule has 0 spiro atoms. The van der Waals surface area contributed by atoms with E-state index < -0.39 is 0 Å². The van der Waals surface area contributed by atoms with Crippen LogP contribution in [0.25, 0.3) is 0 Å². The van der Waals surface area contributed by atoms with Crippen LogP contribution in [0.15, 0.2) is 24.3 Å². The molecule has 0 aromatic heterocycles. The van der Waals surface area contributed by atoms with Crippen molar-refractivity contribution in [3.05, 3.63) is 24.3 Å². The average molecular weight is 290 g/mol. The molecule has 1 aromatic carbocycles. The molecule has 4 nitrogen and oxygen atoms in total. The summed E-state index contributed by atoms with van der Waals surface area (Å²) < 4.78 is 11.3. The van der Waals surface area contributed by atoms with E-state index in [9.17, 15) is 0 Å². The zero-order valence-corrected chi connectivity index (χ0v) is 12.9. The van der Waals surface area contributed by atoms with Crippen LogP contribution in [0.2, 0.25) is 0 Å². The first-order valence-electron chi connectivity index (χ1n) is 8.16. The minimum absolute atomic E-state index is 0.701. The molecule has 2 fully saturated rings. The second kappa shape index (κ2) is 7.14. The third-order valence-corrected chi connectivity index (χ3v) is 4.55. The van der Waals surface area contributed by atoms with Crippen molar-refractivity contribution in [2.24, 2.45) is 5.92 Å². The van der Waals surface area contributed by atoms with Crippen molar-refractivity contribution in [1.82, 2.24) is 10.2 Å². The highest BCUT2D eigenvalue weighted by Gasteiger charge is 2.32. The smallest absolute Gasteiger partial charge is 0.119 e. The standard InChI is InChI=1S/C17H26N2O2/c1-2-20-15-3-5-16(6-4-15)21-12-11-19-10-8-17-14(13-19)7-9-18-17/h3-6,14,17-18H,2,7-13H2,1H3. The van der Waals surface area contributed by atoms with E-state index in [0.717, 1.165) is 36.6 Å². The minimum atomic E-state index is 0.701. The highest BCUT2D eigenvalue weighted by Crippen LogP contribution is 2.24. The van der Waals surface area contributed by atoms with E-state index in [1.165, 1.54) is 32.5 Å². The molecule has 21 heavy (non-hydrogen) atoms. The maximum atomic E-state index is 5.84. The average Bonchev–Trinajstić information content (AvgIpc) is 2.97. The number of hydrogen-bond acceptors (Lipinski definition) is 4. The van der Waals surface area contributed by atoms with Crippen molar-refractivity contribution in [1.29, 1.82) is 0 Å². The molecule has 2 heterocycles. The van der Waals surface area contributed by atoms with Gasteiger partial charge in [0.1, 0.15) is 18.1 Å². The number of ether oxygens (including phenoxy) is 2. The predicted molar refractivity (Wildman–Crippen MR) is 84.1 cm³/mol. The van der Waals surface area contributed by atoms with Crippen LogP contribution in [0.5, 0.6) is 11.5 Å². The van der Waals surface area contributed by atoms with Crippen molar-refractivity contribution in [2.45, 2.75) is 25.8 Å². The van der Waals surface area contributed by atoms with Gasteiger partial charge in [-0.1, -0.05) is 0 Å². The molecule has 2 aliphatic rings. The van der Waals surface area contributed by atoms with Gasteiger partial charge in [0, 0.05) is 19.1 Å². The van der Waals surface area contributed by atoms with E-state index in [-0.39, 0.29) is 0 Å². The molecule has 3 rings (SSSR count). The van der Waals surface area contributed by atoms with Gasteiger partial charge >= 0.3 is 0 Å². The molecular formula is C17H26N2O2. The molecule has 0 radical (unpaired) electrons. The van der Waals surface area contributed by atoms with Crippen LogP contribution in [-0.2, 0) is 0 Å². The lowest BCUT2D eigenvalue weighted by atomic mass is 9.93. The molecule has 4 heteroatoms. The quantitative estimate of drug-likeness (QED) is 0.870. The summed E-state index contributed by atoms with van der Waals surface area (Å²) in [6.45, 7) is 8.10. The Morgan fingerprint density at radius 2 is 1.90 bits per heavy atom.